The second-order valence-electron chi connectivity index (χ2n) is 4.96. The van der Waals surface area contributed by atoms with Crippen LogP contribution in [0.15, 0.2) is 18.2 Å². The Morgan fingerprint density at radius 2 is 2.06 bits per heavy atom. The van der Waals surface area contributed by atoms with E-state index in [1.54, 1.807) is 6.07 Å². The molecule has 2 atom stereocenters. The molecule has 0 heterocycles. The second-order valence-corrected chi connectivity index (χ2v) is 5.40. The number of hydrogen-bond acceptors (Lipinski definition) is 3. The van der Waals surface area contributed by atoms with E-state index in [1.165, 1.54) is 0 Å². The molecule has 3 nitrogen and oxygen atoms in total. The molecular formula is C14H20ClNO2. The number of hydrogen-bond donors (Lipinski definition) is 2. The Hall–Kier alpha value is -0.770. The topological polar surface area (TPSA) is 43.7 Å². The van der Waals surface area contributed by atoms with Crippen LogP contribution in [0.4, 0.5) is 5.69 Å². The molecule has 0 aliphatic heterocycles. The van der Waals surface area contributed by atoms with Gasteiger partial charge in [0, 0.05) is 23.3 Å². The maximum atomic E-state index is 10.1. The van der Waals surface area contributed by atoms with E-state index < -0.39 is 0 Å². The standard InChI is InChI=1S/C14H20ClNO2/c1-16(13-4-2-3-5-14(13)18)12-7-6-11(15)8-10(12)9-17/h6-8,13-14,17-18H,2-5,9H2,1H3. The molecule has 0 amide bonds. The Morgan fingerprint density at radius 1 is 1.33 bits per heavy atom. The molecule has 0 saturated heterocycles. The molecule has 0 spiro atoms. The summed E-state index contributed by atoms with van der Waals surface area (Å²) in [6, 6.07) is 5.64. The lowest BCUT2D eigenvalue weighted by Crippen LogP contribution is -2.43. The fraction of sp³-hybridized carbons (Fsp3) is 0.571. The molecule has 0 bridgehead atoms. The fourth-order valence-corrected chi connectivity index (χ4v) is 2.94. The average molecular weight is 270 g/mol. The van der Waals surface area contributed by atoms with Gasteiger partial charge in [0.1, 0.15) is 0 Å². The van der Waals surface area contributed by atoms with Crippen molar-refractivity contribution in [3.63, 3.8) is 0 Å². The number of rotatable bonds is 3. The van der Waals surface area contributed by atoms with E-state index in [-0.39, 0.29) is 18.8 Å². The number of aliphatic hydroxyl groups is 2. The summed E-state index contributed by atoms with van der Waals surface area (Å²) in [6.07, 6.45) is 3.81. The maximum Gasteiger partial charge on any atom is 0.0743 e. The Bertz CT molecular complexity index is 411. The van der Waals surface area contributed by atoms with Gasteiger partial charge >= 0.3 is 0 Å². The van der Waals surface area contributed by atoms with E-state index in [2.05, 4.69) is 4.90 Å². The first kappa shape index (κ1) is 13.7. The van der Waals surface area contributed by atoms with Crippen molar-refractivity contribution in [3.8, 4) is 0 Å². The lowest BCUT2D eigenvalue weighted by molar-refractivity contribution is 0.106. The van der Waals surface area contributed by atoms with Crippen LogP contribution in [0.2, 0.25) is 5.02 Å². The van der Waals surface area contributed by atoms with Gasteiger partial charge in [-0.3, -0.25) is 0 Å². The van der Waals surface area contributed by atoms with E-state index >= 15 is 0 Å². The van der Waals surface area contributed by atoms with Crippen molar-refractivity contribution in [1.29, 1.82) is 0 Å². The Balaban J connectivity index is 2.24. The summed E-state index contributed by atoms with van der Waals surface area (Å²) >= 11 is 5.94. The molecule has 2 unspecified atom stereocenters. The highest BCUT2D eigenvalue weighted by molar-refractivity contribution is 6.30. The van der Waals surface area contributed by atoms with Crippen LogP contribution in [-0.2, 0) is 6.61 Å². The number of nitrogens with zero attached hydrogens (tertiary/aromatic N) is 1. The minimum Gasteiger partial charge on any atom is -0.392 e. The average Bonchev–Trinajstić information content (AvgIpc) is 2.38. The molecule has 100 valence electrons. The molecule has 1 fully saturated rings. The van der Waals surface area contributed by atoms with Crippen molar-refractivity contribution < 1.29 is 10.2 Å². The van der Waals surface area contributed by atoms with Gasteiger partial charge in [-0.2, -0.15) is 0 Å². The first-order chi connectivity index (χ1) is 8.63. The lowest BCUT2D eigenvalue weighted by Gasteiger charge is -2.37. The third kappa shape index (κ3) is 2.79. The van der Waals surface area contributed by atoms with E-state index in [4.69, 9.17) is 11.6 Å². The van der Waals surface area contributed by atoms with Crippen molar-refractivity contribution in [2.24, 2.45) is 0 Å². The molecule has 4 heteroatoms. The zero-order valence-corrected chi connectivity index (χ0v) is 11.4. The smallest absolute Gasteiger partial charge is 0.0743 e. The van der Waals surface area contributed by atoms with Crippen LogP contribution in [0.25, 0.3) is 0 Å². The lowest BCUT2D eigenvalue weighted by atomic mass is 9.91. The predicted molar refractivity (Wildman–Crippen MR) is 74.0 cm³/mol. The number of aliphatic hydroxyl groups excluding tert-OH is 2. The zero-order valence-electron chi connectivity index (χ0n) is 10.6. The monoisotopic (exact) mass is 269 g/mol. The SMILES string of the molecule is CN(c1ccc(Cl)cc1CO)C1CCCCC1O. The van der Waals surface area contributed by atoms with Gasteiger partial charge in [0.15, 0.2) is 0 Å². The molecule has 18 heavy (non-hydrogen) atoms. The molecule has 0 radical (unpaired) electrons. The third-order valence-corrected chi connectivity index (χ3v) is 4.02. The van der Waals surface area contributed by atoms with Gasteiger partial charge in [-0.25, -0.2) is 0 Å². The molecule has 1 aromatic rings. The van der Waals surface area contributed by atoms with Crippen LogP contribution in [0.1, 0.15) is 31.2 Å². The summed E-state index contributed by atoms with van der Waals surface area (Å²) in [4.78, 5) is 2.08. The predicted octanol–water partition coefficient (Wildman–Crippen LogP) is 2.57. The van der Waals surface area contributed by atoms with E-state index in [1.807, 2.05) is 19.2 Å². The second kappa shape index (κ2) is 5.91. The highest BCUT2D eigenvalue weighted by atomic mass is 35.5. The molecule has 0 aromatic heterocycles. The van der Waals surface area contributed by atoms with Crippen molar-refractivity contribution in [2.45, 2.75) is 44.4 Å². The number of halogens is 1. The van der Waals surface area contributed by atoms with E-state index in [9.17, 15) is 10.2 Å². The first-order valence-electron chi connectivity index (χ1n) is 6.43. The first-order valence-corrected chi connectivity index (χ1v) is 6.81. The van der Waals surface area contributed by atoms with Gasteiger partial charge in [0.05, 0.1) is 18.8 Å². The molecule has 2 N–H and O–H groups in total. The summed E-state index contributed by atoms with van der Waals surface area (Å²) in [5.41, 5.74) is 1.76. The molecule has 1 aliphatic rings. The van der Waals surface area contributed by atoms with Crippen LogP contribution in [0.3, 0.4) is 0 Å². The number of benzene rings is 1. The Morgan fingerprint density at radius 3 is 2.72 bits per heavy atom. The Kier molecular flexibility index (Phi) is 4.49. The van der Waals surface area contributed by atoms with Crippen LogP contribution in [0.5, 0.6) is 0 Å². The highest BCUT2D eigenvalue weighted by Gasteiger charge is 2.27. The minimum atomic E-state index is -0.286. The molecule has 1 aliphatic carbocycles. The summed E-state index contributed by atoms with van der Waals surface area (Å²) in [5, 5.41) is 20.1. The van der Waals surface area contributed by atoms with Crippen LogP contribution < -0.4 is 4.90 Å². The summed E-state index contributed by atoms with van der Waals surface area (Å²) in [7, 11) is 1.97. The van der Waals surface area contributed by atoms with E-state index in [0.717, 1.165) is 36.9 Å². The summed E-state index contributed by atoms with van der Waals surface area (Å²) in [5.74, 6) is 0. The van der Waals surface area contributed by atoms with Gasteiger partial charge in [0.2, 0.25) is 0 Å². The fourth-order valence-electron chi connectivity index (χ4n) is 2.75. The van der Waals surface area contributed by atoms with Crippen molar-refractivity contribution in [3.05, 3.63) is 28.8 Å². The molecular weight excluding hydrogens is 250 g/mol. The highest BCUT2D eigenvalue weighted by Crippen LogP contribution is 2.30. The summed E-state index contributed by atoms with van der Waals surface area (Å²) in [6.45, 7) is -0.0386. The van der Waals surface area contributed by atoms with Crippen molar-refractivity contribution in [1.82, 2.24) is 0 Å². The normalized spacial score (nSPS) is 24.0. The third-order valence-electron chi connectivity index (χ3n) is 3.78. The number of anilines is 1. The minimum absolute atomic E-state index is 0.0386. The van der Waals surface area contributed by atoms with E-state index in [0.29, 0.717) is 5.02 Å². The van der Waals surface area contributed by atoms with Crippen LogP contribution in [-0.4, -0.2) is 29.4 Å². The molecule has 1 aromatic carbocycles. The van der Waals surface area contributed by atoms with Crippen molar-refractivity contribution >= 4 is 17.3 Å². The van der Waals surface area contributed by atoms with Gasteiger partial charge in [-0.15, -0.1) is 0 Å². The quantitative estimate of drug-likeness (QED) is 0.886. The van der Waals surface area contributed by atoms with Crippen LogP contribution >= 0.6 is 11.6 Å². The largest absolute Gasteiger partial charge is 0.392 e. The summed E-state index contributed by atoms with van der Waals surface area (Å²) < 4.78 is 0. The van der Waals surface area contributed by atoms with Gasteiger partial charge in [-0.1, -0.05) is 24.4 Å². The van der Waals surface area contributed by atoms with Gasteiger partial charge < -0.3 is 15.1 Å². The Labute approximate surface area is 113 Å². The van der Waals surface area contributed by atoms with Gasteiger partial charge in [-0.05, 0) is 31.0 Å². The van der Waals surface area contributed by atoms with Gasteiger partial charge in [0.25, 0.3) is 0 Å². The molecule has 2 rings (SSSR count). The molecule has 1 saturated carbocycles. The number of likely N-dealkylation sites (N-methyl/N-ethyl adjacent to an activating group) is 1. The zero-order chi connectivity index (χ0) is 13.1. The maximum absolute atomic E-state index is 10.1. The van der Waals surface area contributed by atoms with Crippen molar-refractivity contribution in [2.75, 3.05) is 11.9 Å². The van der Waals surface area contributed by atoms with Crippen LogP contribution in [0, 0.1) is 0 Å².